The summed E-state index contributed by atoms with van der Waals surface area (Å²) in [4.78, 5) is 29.4. The number of aromatic nitrogens is 5. The zero-order valence-electron chi connectivity index (χ0n) is 46.7. The number of aryl methyl sites for hydroxylation is 8. The summed E-state index contributed by atoms with van der Waals surface area (Å²) in [7, 11) is 0. The molecule has 0 aliphatic heterocycles. The molecule has 0 bridgehead atoms. The third kappa shape index (κ3) is 20.9. The van der Waals surface area contributed by atoms with Crippen LogP contribution >= 0.6 is 0 Å². The quantitative estimate of drug-likeness (QED) is 0.0466. The highest BCUT2D eigenvalue weighted by Crippen LogP contribution is 2.26. The number of aromatic hydroxyl groups is 1. The Hall–Kier alpha value is -5.84. The van der Waals surface area contributed by atoms with Crippen LogP contribution in [0.25, 0.3) is 11.1 Å². The molecule has 0 saturated heterocycles. The Bertz CT molecular complexity index is 2480. The van der Waals surface area contributed by atoms with Crippen LogP contribution in [0.3, 0.4) is 0 Å². The van der Waals surface area contributed by atoms with Crippen molar-refractivity contribution in [3.05, 3.63) is 162 Å². The molecule has 400 valence electrons. The number of hydrogen-bond donors (Lipinski definition) is 6. The minimum absolute atomic E-state index is 0.190. The lowest BCUT2D eigenvalue weighted by Gasteiger charge is -2.12. The van der Waals surface area contributed by atoms with Gasteiger partial charge in [-0.2, -0.15) is 0 Å². The molecule has 0 aliphatic carbocycles. The number of nitrogens with two attached hydrogens (primary N) is 5. The van der Waals surface area contributed by atoms with E-state index in [0.717, 1.165) is 104 Å². The first-order valence-electron chi connectivity index (χ1n) is 25.4. The van der Waals surface area contributed by atoms with Crippen LogP contribution in [0.4, 0.5) is 0 Å². The fourth-order valence-corrected chi connectivity index (χ4v) is 7.82. The molecule has 0 spiro atoms. The summed E-state index contributed by atoms with van der Waals surface area (Å²) in [6.45, 7) is 34.4. The number of hydrogen-bond acceptors (Lipinski definition) is 14. The fourth-order valence-electron chi connectivity index (χ4n) is 7.82. The Kier molecular flexibility index (Phi) is 32.3. The number of nitrogens with zero attached hydrogens (tertiary/aromatic N) is 5. The van der Waals surface area contributed by atoms with Crippen molar-refractivity contribution in [2.75, 3.05) is 26.4 Å². The Morgan fingerprint density at radius 2 is 0.849 bits per heavy atom. The number of benzene rings is 1. The zero-order valence-corrected chi connectivity index (χ0v) is 46.7. The van der Waals surface area contributed by atoms with E-state index in [9.17, 15) is 5.11 Å². The van der Waals surface area contributed by atoms with Gasteiger partial charge in [-0.25, -0.2) is 0 Å². The summed E-state index contributed by atoms with van der Waals surface area (Å²) in [5, 5.41) is 9.27. The van der Waals surface area contributed by atoms with Crippen LogP contribution in [0, 0.1) is 76.2 Å². The second-order valence-corrected chi connectivity index (χ2v) is 17.7. The van der Waals surface area contributed by atoms with Crippen molar-refractivity contribution in [2.45, 2.75) is 155 Å². The van der Waals surface area contributed by atoms with E-state index < -0.39 is 0 Å². The highest BCUT2D eigenvalue weighted by Gasteiger charge is 2.11. The highest BCUT2D eigenvalue weighted by atomic mass is 16.5. The van der Waals surface area contributed by atoms with Gasteiger partial charge in [-0.15, -0.1) is 0 Å². The van der Waals surface area contributed by atoms with E-state index >= 15 is 0 Å². The van der Waals surface area contributed by atoms with E-state index in [-0.39, 0.29) is 5.75 Å². The van der Waals surface area contributed by atoms with Crippen molar-refractivity contribution < 1.29 is 19.4 Å². The van der Waals surface area contributed by atoms with E-state index in [1.807, 2.05) is 105 Å². The standard InChI is InChI=1S/C14H24N2O.C14H16N2.C13H22N2O.C9H14N2.C8H12N2O.CH2O/c1-4-7-17-8-5-6-13-10-16-12(3)11(2)14(13)9-15;1-10-11(2)16-9-14(13(10)8-15)12-6-4-3-5-7-12;1-4-16-7-5-6-12-9-15-11(3)10(2)13(12)8-14;1-6-5-11-8(3)7(2)9(6)4-10;1-5-6(2)10-4-8(11)7(5)3-9;1-2/h10H,4-9,15H2,1-3H3;3-7,9H,8,15H2,1-2H3;9H,4-8,14H2,1-3H3;5H,4,10H2,1-3H3;4,11H,3,9H2,1-2H3;1H2. The van der Waals surface area contributed by atoms with Crippen molar-refractivity contribution in [3.8, 4) is 16.9 Å². The molecule has 0 amide bonds. The van der Waals surface area contributed by atoms with E-state index in [4.69, 9.17) is 42.9 Å². The molecule has 0 atom stereocenters. The van der Waals surface area contributed by atoms with Gasteiger partial charge in [0, 0.05) is 124 Å². The number of carbonyl (C=O) groups excluding carboxylic acids is 1. The van der Waals surface area contributed by atoms with Gasteiger partial charge in [0.25, 0.3) is 0 Å². The molecule has 11 N–H and O–H groups in total. The zero-order chi connectivity index (χ0) is 55.0. The molecule has 5 heterocycles. The summed E-state index contributed by atoms with van der Waals surface area (Å²) in [6, 6.07) is 10.3. The van der Waals surface area contributed by atoms with Gasteiger partial charge in [0.1, 0.15) is 12.5 Å². The normalized spacial score (nSPS) is 10.3. The second kappa shape index (κ2) is 36.1. The molecule has 6 aromatic rings. The first-order chi connectivity index (χ1) is 35.0. The first-order valence-corrected chi connectivity index (χ1v) is 25.4. The molecule has 5 aromatic heterocycles. The summed E-state index contributed by atoms with van der Waals surface area (Å²) in [5.74, 6) is 0.190. The van der Waals surface area contributed by atoms with Crippen molar-refractivity contribution in [2.24, 2.45) is 28.7 Å². The van der Waals surface area contributed by atoms with Crippen molar-refractivity contribution in [3.63, 3.8) is 0 Å². The fraction of sp³-hybridized carbons (Fsp3) is 0.458. The molecular formula is C59H90N10O4. The summed E-state index contributed by atoms with van der Waals surface area (Å²) >= 11 is 0. The van der Waals surface area contributed by atoms with Gasteiger partial charge in [-0.1, -0.05) is 37.3 Å². The summed E-state index contributed by atoms with van der Waals surface area (Å²) in [5.41, 5.74) is 51.3. The van der Waals surface area contributed by atoms with Gasteiger partial charge in [0.05, 0.1) is 6.20 Å². The van der Waals surface area contributed by atoms with Crippen LogP contribution in [0.1, 0.15) is 134 Å². The number of pyridine rings is 5. The third-order valence-corrected chi connectivity index (χ3v) is 13.0. The van der Waals surface area contributed by atoms with Crippen molar-refractivity contribution in [1.82, 2.24) is 24.9 Å². The molecule has 0 saturated carbocycles. The van der Waals surface area contributed by atoms with Gasteiger partial charge in [0.2, 0.25) is 0 Å². The molecule has 6 rings (SSSR count). The van der Waals surface area contributed by atoms with Crippen LogP contribution in [0.2, 0.25) is 0 Å². The van der Waals surface area contributed by atoms with Gasteiger partial charge >= 0.3 is 0 Å². The summed E-state index contributed by atoms with van der Waals surface area (Å²) < 4.78 is 10.8. The van der Waals surface area contributed by atoms with E-state index in [2.05, 4.69) is 71.7 Å². The molecule has 14 heteroatoms. The molecular weight excluding hydrogens is 913 g/mol. The van der Waals surface area contributed by atoms with Gasteiger partial charge in [-0.3, -0.25) is 24.9 Å². The Labute approximate surface area is 438 Å². The molecule has 73 heavy (non-hydrogen) atoms. The molecule has 0 unspecified atom stereocenters. The minimum atomic E-state index is 0.190. The van der Waals surface area contributed by atoms with E-state index in [1.54, 1.807) is 0 Å². The average molecular weight is 1000 g/mol. The van der Waals surface area contributed by atoms with Crippen LogP contribution in [0.15, 0.2) is 61.3 Å². The maximum absolute atomic E-state index is 9.27. The lowest BCUT2D eigenvalue weighted by molar-refractivity contribution is -0.0980. The first kappa shape index (κ1) is 65.2. The predicted molar refractivity (Wildman–Crippen MR) is 301 cm³/mol. The van der Waals surface area contributed by atoms with Crippen LogP contribution < -0.4 is 28.7 Å². The third-order valence-electron chi connectivity index (χ3n) is 13.0. The predicted octanol–water partition coefficient (Wildman–Crippen LogP) is 9.61. The second-order valence-electron chi connectivity index (χ2n) is 17.7. The Balaban J connectivity index is 0.000000457. The van der Waals surface area contributed by atoms with Crippen LogP contribution in [0.5, 0.6) is 5.75 Å². The monoisotopic (exact) mass is 1000 g/mol. The van der Waals surface area contributed by atoms with E-state index in [1.165, 1.54) is 73.0 Å². The average Bonchev–Trinajstić information content (AvgIpc) is 3.40. The molecule has 0 fully saturated rings. The Morgan fingerprint density at radius 1 is 0.466 bits per heavy atom. The lowest BCUT2D eigenvalue weighted by atomic mass is 9.97. The molecule has 0 radical (unpaired) electrons. The van der Waals surface area contributed by atoms with Gasteiger partial charge in [-0.05, 0) is 188 Å². The smallest absolute Gasteiger partial charge is 0.138 e. The number of ether oxygens (including phenoxy) is 2. The maximum atomic E-state index is 9.27. The molecule has 14 nitrogen and oxygen atoms in total. The topological polar surface area (TPSA) is 250 Å². The highest BCUT2D eigenvalue weighted by molar-refractivity contribution is 5.68. The summed E-state index contributed by atoms with van der Waals surface area (Å²) in [6.07, 6.45) is 14.3. The number of carbonyl (C=O) groups is 1. The van der Waals surface area contributed by atoms with E-state index in [0.29, 0.717) is 32.7 Å². The van der Waals surface area contributed by atoms with Gasteiger partial charge < -0.3 is 48.0 Å². The molecule has 0 aliphatic rings. The van der Waals surface area contributed by atoms with Crippen LogP contribution in [-0.4, -0.2) is 63.2 Å². The van der Waals surface area contributed by atoms with Crippen LogP contribution in [-0.2, 0) is 59.8 Å². The van der Waals surface area contributed by atoms with Crippen molar-refractivity contribution in [1.29, 1.82) is 0 Å². The largest absolute Gasteiger partial charge is 0.506 e. The SMILES string of the molecule is C=O.CCCOCCCc1cnc(C)c(C)c1CN.CCOCCCc1cnc(C)c(C)c1CN.Cc1cnc(C)c(C)c1CN.Cc1ncc(-c2ccccc2)c(CN)c1C.Cc1ncc(O)c(CN)c1C. The van der Waals surface area contributed by atoms with Crippen molar-refractivity contribution >= 4 is 6.79 Å². The lowest BCUT2D eigenvalue weighted by Crippen LogP contribution is -2.08. The minimum Gasteiger partial charge on any atom is -0.506 e. The molecule has 1 aromatic carbocycles. The van der Waals surface area contributed by atoms with Gasteiger partial charge in [0.15, 0.2) is 0 Å². The number of rotatable bonds is 17. The Morgan fingerprint density at radius 3 is 1.26 bits per heavy atom. The maximum Gasteiger partial charge on any atom is 0.138 e.